The summed E-state index contributed by atoms with van der Waals surface area (Å²) < 4.78 is 0. The lowest BCUT2D eigenvalue weighted by atomic mass is 10.3. The van der Waals surface area contributed by atoms with Crippen LogP contribution in [0.2, 0.25) is 10.0 Å². The van der Waals surface area contributed by atoms with Gasteiger partial charge in [0.15, 0.2) is 0 Å². The predicted molar refractivity (Wildman–Crippen MR) is 74.6 cm³/mol. The predicted octanol–water partition coefficient (Wildman–Crippen LogP) is 4.31. The van der Waals surface area contributed by atoms with Crippen molar-refractivity contribution in [2.45, 2.75) is 12.8 Å². The van der Waals surface area contributed by atoms with Crippen molar-refractivity contribution in [3.63, 3.8) is 0 Å². The van der Waals surface area contributed by atoms with Crippen LogP contribution in [0.1, 0.15) is 12.8 Å². The van der Waals surface area contributed by atoms with Gasteiger partial charge in [-0.05, 0) is 18.6 Å². The summed E-state index contributed by atoms with van der Waals surface area (Å²) in [5.74, 6) is 1.06. The SMILES string of the molecule is C=CCN1CCCC1=Nc1cccc(Cl)c1Cl. The molecule has 90 valence electrons. The molecule has 2 nitrogen and oxygen atoms in total. The molecule has 1 heterocycles. The standard InChI is InChI=1S/C13H14Cl2N2/c1-2-8-17-9-4-7-12(17)16-11-6-3-5-10(14)13(11)15/h2-3,5-6H,1,4,7-9H2. The van der Waals surface area contributed by atoms with Gasteiger partial charge in [0, 0.05) is 19.5 Å². The van der Waals surface area contributed by atoms with Crippen LogP contribution in [0.5, 0.6) is 0 Å². The molecule has 0 unspecified atom stereocenters. The average Bonchev–Trinajstić information content (AvgIpc) is 2.73. The first-order valence-electron chi connectivity index (χ1n) is 5.60. The van der Waals surface area contributed by atoms with Gasteiger partial charge < -0.3 is 4.90 Å². The Hall–Kier alpha value is -0.990. The molecule has 0 N–H and O–H groups in total. The van der Waals surface area contributed by atoms with Crippen molar-refractivity contribution < 1.29 is 0 Å². The van der Waals surface area contributed by atoms with Gasteiger partial charge in [-0.15, -0.1) is 6.58 Å². The van der Waals surface area contributed by atoms with Crippen molar-refractivity contribution in [2.24, 2.45) is 4.99 Å². The highest BCUT2D eigenvalue weighted by Crippen LogP contribution is 2.32. The minimum atomic E-state index is 0.520. The molecular formula is C13H14Cl2N2. The van der Waals surface area contributed by atoms with Crippen LogP contribution in [0.15, 0.2) is 35.8 Å². The molecule has 0 aromatic heterocycles. The average molecular weight is 269 g/mol. The Morgan fingerprint density at radius 3 is 3.00 bits per heavy atom. The number of rotatable bonds is 3. The molecule has 1 aliphatic heterocycles. The molecule has 0 amide bonds. The van der Waals surface area contributed by atoms with Crippen LogP contribution < -0.4 is 0 Å². The zero-order chi connectivity index (χ0) is 12.3. The third kappa shape index (κ3) is 2.82. The molecule has 1 fully saturated rings. The first-order valence-corrected chi connectivity index (χ1v) is 6.35. The first kappa shape index (κ1) is 12.5. The Morgan fingerprint density at radius 2 is 2.24 bits per heavy atom. The fraction of sp³-hybridized carbons (Fsp3) is 0.308. The van der Waals surface area contributed by atoms with Gasteiger partial charge in [-0.1, -0.05) is 35.3 Å². The smallest absolute Gasteiger partial charge is 0.105 e. The summed E-state index contributed by atoms with van der Waals surface area (Å²) in [5, 5.41) is 1.06. The first-order chi connectivity index (χ1) is 8.22. The molecule has 2 rings (SSSR count). The van der Waals surface area contributed by atoms with Gasteiger partial charge in [0.2, 0.25) is 0 Å². The number of halogens is 2. The maximum absolute atomic E-state index is 6.12. The second-order valence-corrected chi connectivity index (χ2v) is 4.72. The zero-order valence-corrected chi connectivity index (χ0v) is 11.0. The summed E-state index contributed by atoms with van der Waals surface area (Å²) >= 11 is 12.1. The van der Waals surface area contributed by atoms with Gasteiger partial charge in [-0.2, -0.15) is 0 Å². The van der Waals surface area contributed by atoms with Crippen molar-refractivity contribution >= 4 is 34.7 Å². The van der Waals surface area contributed by atoms with Gasteiger partial charge in [0.1, 0.15) is 5.84 Å². The maximum atomic E-state index is 6.12. The minimum Gasteiger partial charge on any atom is -0.356 e. The van der Waals surface area contributed by atoms with E-state index in [1.54, 1.807) is 6.07 Å². The van der Waals surface area contributed by atoms with E-state index in [0.717, 1.165) is 37.5 Å². The van der Waals surface area contributed by atoms with E-state index in [0.29, 0.717) is 10.0 Å². The molecule has 17 heavy (non-hydrogen) atoms. The van der Waals surface area contributed by atoms with Crippen LogP contribution in [0.25, 0.3) is 0 Å². The largest absolute Gasteiger partial charge is 0.356 e. The van der Waals surface area contributed by atoms with Crippen molar-refractivity contribution in [1.82, 2.24) is 4.90 Å². The van der Waals surface area contributed by atoms with Crippen LogP contribution in [0, 0.1) is 0 Å². The third-order valence-electron chi connectivity index (χ3n) is 2.72. The van der Waals surface area contributed by atoms with Gasteiger partial charge in [-0.3, -0.25) is 0 Å². The fourth-order valence-electron chi connectivity index (χ4n) is 1.91. The van der Waals surface area contributed by atoms with Crippen LogP contribution >= 0.6 is 23.2 Å². The number of amidine groups is 1. The van der Waals surface area contributed by atoms with Gasteiger partial charge in [-0.25, -0.2) is 4.99 Å². The molecular weight excluding hydrogens is 255 g/mol. The molecule has 0 aliphatic carbocycles. The second-order valence-electron chi connectivity index (χ2n) is 3.94. The Balaban J connectivity index is 2.28. The fourth-order valence-corrected chi connectivity index (χ4v) is 2.25. The number of aliphatic imine (C=N–C) groups is 1. The molecule has 0 atom stereocenters. The Kier molecular flexibility index (Phi) is 4.08. The monoisotopic (exact) mass is 268 g/mol. The van der Waals surface area contributed by atoms with Crippen molar-refractivity contribution in [1.29, 1.82) is 0 Å². The number of benzene rings is 1. The van der Waals surface area contributed by atoms with E-state index in [-0.39, 0.29) is 0 Å². The number of hydrogen-bond acceptors (Lipinski definition) is 1. The van der Waals surface area contributed by atoms with Gasteiger partial charge in [0.25, 0.3) is 0 Å². The van der Waals surface area contributed by atoms with Crippen molar-refractivity contribution in [3.8, 4) is 0 Å². The summed E-state index contributed by atoms with van der Waals surface area (Å²) in [6.45, 7) is 5.61. The maximum Gasteiger partial charge on any atom is 0.105 e. The van der Waals surface area contributed by atoms with E-state index in [1.165, 1.54) is 0 Å². The number of nitrogens with zero attached hydrogens (tertiary/aromatic N) is 2. The van der Waals surface area contributed by atoms with Gasteiger partial charge >= 0.3 is 0 Å². The quantitative estimate of drug-likeness (QED) is 0.747. The molecule has 1 aromatic carbocycles. The summed E-state index contributed by atoms with van der Waals surface area (Å²) in [6, 6.07) is 5.51. The highest BCUT2D eigenvalue weighted by molar-refractivity contribution is 6.43. The molecule has 4 heteroatoms. The van der Waals surface area contributed by atoms with E-state index >= 15 is 0 Å². The normalized spacial score (nSPS) is 17.8. The van der Waals surface area contributed by atoms with Gasteiger partial charge in [0.05, 0.1) is 15.7 Å². The van der Waals surface area contributed by atoms with Crippen LogP contribution in [0.3, 0.4) is 0 Å². The molecule has 0 saturated carbocycles. The lowest BCUT2D eigenvalue weighted by molar-refractivity contribution is 0.502. The van der Waals surface area contributed by atoms with E-state index < -0.39 is 0 Å². The van der Waals surface area contributed by atoms with Crippen LogP contribution in [0.4, 0.5) is 5.69 Å². The Labute approximate surface area is 112 Å². The lowest BCUT2D eigenvalue weighted by Gasteiger charge is -2.16. The zero-order valence-electron chi connectivity index (χ0n) is 9.50. The molecule has 0 radical (unpaired) electrons. The van der Waals surface area contributed by atoms with E-state index in [2.05, 4.69) is 16.5 Å². The lowest BCUT2D eigenvalue weighted by Crippen LogP contribution is -2.24. The van der Waals surface area contributed by atoms with E-state index in [9.17, 15) is 0 Å². The van der Waals surface area contributed by atoms with Crippen molar-refractivity contribution in [2.75, 3.05) is 13.1 Å². The highest BCUT2D eigenvalue weighted by atomic mass is 35.5. The van der Waals surface area contributed by atoms with E-state index in [4.69, 9.17) is 23.2 Å². The molecule has 0 bridgehead atoms. The summed E-state index contributed by atoms with van der Waals surface area (Å²) in [5.41, 5.74) is 0.741. The highest BCUT2D eigenvalue weighted by Gasteiger charge is 2.17. The second kappa shape index (κ2) is 5.56. The topological polar surface area (TPSA) is 15.6 Å². The van der Waals surface area contributed by atoms with Crippen LogP contribution in [-0.4, -0.2) is 23.8 Å². The van der Waals surface area contributed by atoms with E-state index in [1.807, 2.05) is 18.2 Å². The third-order valence-corrected chi connectivity index (χ3v) is 3.53. The number of hydrogen-bond donors (Lipinski definition) is 0. The molecule has 0 spiro atoms. The summed E-state index contributed by atoms with van der Waals surface area (Å²) in [6.07, 6.45) is 4.00. The number of likely N-dealkylation sites (tertiary alicyclic amines) is 1. The Morgan fingerprint density at radius 1 is 1.41 bits per heavy atom. The van der Waals surface area contributed by atoms with Crippen LogP contribution in [-0.2, 0) is 0 Å². The molecule has 1 aliphatic rings. The molecule has 1 aromatic rings. The molecule has 1 saturated heterocycles. The van der Waals surface area contributed by atoms with Crippen molar-refractivity contribution in [3.05, 3.63) is 40.9 Å². The Bertz CT molecular complexity index is 455. The minimum absolute atomic E-state index is 0.520. The summed E-state index contributed by atoms with van der Waals surface area (Å²) in [4.78, 5) is 6.81. The summed E-state index contributed by atoms with van der Waals surface area (Å²) in [7, 11) is 0.